The van der Waals surface area contributed by atoms with Gasteiger partial charge in [0.2, 0.25) is 0 Å². The maximum absolute atomic E-state index is 13.1. The van der Waals surface area contributed by atoms with E-state index in [0.717, 1.165) is 36.1 Å². The van der Waals surface area contributed by atoms with Gasteiger partial charge in [-0.1, -0.05) is 17.7 Å². The molecule has 0 spiro atoms. The highest BCUT2D eigenvalue weighted by Crippen LogP contribution is 2.29. The Labute approximate surface area is 147 Å². The minimum atomic E-state index is 0.0106. The second kappa shape index (κ2) is 5.99. The van der Waals surface area contributed by atoms with Gasteiger partial charge in [0.15, 0.2) is 5.65 Å². The molecular weight excluding hydrogens is 312 g/mol. The molecule has 4 rings (SSSR count). The van der Waals surface area contributed by atoms with Gasteiger partial charge in [0.1, 0.15) is 0 Å². The molecule has 0 saturated carbocycles. The lowest BCUT2D eigenvalue weighted by Crippen LogP contribution is -2.35. The highest BCUT2D eigenvalue weighted by molar-refractivity contribution is 6.07. The molecule has 1 amide bonds. The summed E-state index contributed by atoms with van der Waals surface area (Å²) in [6.07, 6.45) is 5.47. The summed E-state index contributed by atoms with van der Waals surface area (Å²) in [5.74, 6) is 0.0106. The second-order valence-electron chi connectivity index (χ2n) is 7.01. The maximum atomic E-state index is 13.1. The summed E-state index contributed by atoms with van der Waals surface area (Å²) in [6, 6.07) is 8.45. The normalized spacial score (nSPS) is 14.2. The fourth-order valence-corrected chi connectivity index (χ4v) is 3.53. The van der Waals surface area contributed by atoms with Gasteiger partial charge in [0.25, 0.3) is 5.91 Å². The second-order valence-corrected chi connectivity index (χ2v) is 7.01. The highest BCUT2D eigenvalue weighted by atomic mass is 16.2. The van der Waals surface area contributed by atoms with Crippen LogP contribution >= 0.6 is 0 Å². The predicted molar refractivity (Wildman–Crippen MR) is 99.1 cm³/mol. The summed E-state index contributed by atoms with van der Waals surface area (Å²) < 4.78 is 1.88. The van der Waals surface area contributed by atoms with E-state index in [4.69, 9.17) is 0 Å². The number of aryl methyl sites for hydroxylation is 2. The lowest BCUT2D eigenvalue weighted by Gasteiger charge is -2.29. The van der Waals surface area contributed by atoms with Crippen LogP contribution < -0.4 is 4.90 Å². The van der Waals surface area contributed by atoms with Gasteiger partial charge in [0, 0.05) is 29.9 Å². The highest BCUT2D eigenvalue weighted by Gasteiger charge is 2.24. The van der Waals surface area contributed by atoms with Crippen LogP contribution in [0.2, 0.25) is 0 Å². The number of aromatic nitrogens is 3. The van der Waals surface area contributed by atoms with Crippen molar-refractivity contribution in [2.75, 3.05) is 11.4 Å². The van der Waals surface area contributed by atoms with Crippen LogP contribution in [0.1, 0.15) is 47.8 Å². The molecule has 0 unspecified atom stereocenters. The van der Waals surface area contributed by atoms with Crippen molar-refractivity contribution >= 4 is 22.6 Å². The van der Waals surface area contributed by atoms with Crippen LogP contribution in [0.15, 0.2) is 36.7 Å². The molecule has 0 radical (unpaired) electrons. The Bertz CT molecular complexity index is 957. The van der Waals surface area contributed by atoms with E-state index in [1.807, 2.05) is 15.6 Å². The van der Waals surface area contributed by atoms with Crippen LogP contribution in [-0.2, 0) is 6.42 Å². The summed E-state index contributed by atoms with van der Waals surface area (Å²) in [7, 11) is 0. The fourth-order valence-electron chi connectivity index (χ4n) is 3.53. The number of rotatable bonds is 2. The molecule has 0 atom stereocenters. The largest absolute Gasteiger partial charge is 0.308 e. The molecular formula is C20H22N4O. The van der Waals surface area contributed by atoms with E-state index >= 15 is 0 Å². The first kappa shape index (κ1) is 15.8. The molecule has 0 saturated heterocycles. The van der Waals surface area contributed by atoms with E-state index in [0.29, 0.717) is 5.56 Å². The van der Waals surface area contributed by atoms with E-state index in [9.17, 15) is 4.79 Å². The summed E-state index contributed by atoms with van der Waals surface area (Å²) >= 11 is 0. The summed E-state index contributed by atoms with van der Waals surface area (Å²) in [6.45, 7) is 6.98. The topological polar surface area (TPSA) is 51.0 Å². The van der Waals surface area contributed by atoms with E-state index in [-0.39, 0.29) is 11.9 Å². The van der Waals surface area contributed by atoms with Crippen molar-refractivity contribution in [2.24, 2.45) is 0 Å². The molecule has 0 fully saturated rings. The van der Waals surface area contributed by atoms with Crippen molar-refractivity contribution in [1.29, 1.82) is 0 Å². The van der Waals surface area contributed by atoms with Gasteiger partial charge in [-0.25, -0.2) is 9.67 Å². The minimum absolute atomic E-state index is 0.0106. The Hall–Kier alpha value is -2.69. The molecule has 1 aromatic carbocycles. The van der Waals surface area contributed by atoms with Crippen molar-refractivity contribution in [1.82, 2.24) is 14.8 Å². The molecule has 3 heterocycles. The predicted octanol–water partition coefficient (Wildman–Crippen LogP) is 3.91. The number of nitrogens with zero attached hydrogens (tertiary/aromatic N) is 4. The quantitative estimate of drug-likeness (QED) is 0.714. The van der Waals surface area contributed by atoms with Gasteiger partial charge in [-0.2, -0.15) is 5.10 Å². The van der Waals surface area contributed by atoms with Crippen molar-refractivity contribution < 1.29 is 4.79 Å². The van der Waals surface area contributed by atoms with Crippen molar-refractivity contribution in [2.45, 2.75) is 39.7 Å². The van der Waals surface area contributed by atoms with E-state index in [1.165, 1.54) is 11.1 Å². The average molecular weight is 334 g/mol. The Morgan fingerprint density at radius 1 is 1.20 bits per heavy atom. The number of hydrogen-bond donors (Lipinski definition) is 0. The SMILES string of the molecule is Cc1ccc2c(c1)CCCN2C(=O)c1cnc2c(cnn2C(C)C)c1. The fraction of sp³-hybridized carbons (Fsp3) is 0.350. The van der Waals surface area contributed by atoms with Crippen molar-refractivity contribution in [3.8, 4) is 0 Å². The van der Waals surface area contributed by atoms with Crippen LogP contribution in [0.4, 0.5) is 5.69 Å². The third-order valence-electron chi connectivity index (χ3n) is 4.77. The first-order chi connectivity index (χ1) is 12.0. The van der Waals surface area contributed by atoms with Gasteiger partial charge in [-0.15, -0.1) is 0 Å². The number of pyridine rings is 1. The number of fused-ring (bicyclic) bond motifs is 2. The zero-order chi connectivity index (χ0) is 17.6. The molecule has 5 nitrogen and oxygen atoms in total. The van der Waals surface area contributed by atoms with Crippen LogP contribution in [0.5, 0.6) is 0 Å². The first-order valence-electron chi connectivity index (χ1n) is 8.79. The molecule has 1 aliphatic heterocycles. The smallest absolute Gasteiger partial charge is 0.259 e. The Morgan fingerprint density at radius 2 is 2.04 bits per heavy atom. The lowest BCUT2D eigenvalue weighted by molar-refractivity contribution is 0.0985. The minimum Gasteiger partial charge on any atom is -0.308 e. The number of carbonyl (C=O) groups excluding carboxylic acids is 1. The molecule has 5 heteroatoms. The Kier molecular flexibility index (Phi) is 3.79. The van der Waals surface area contributed by atoms with E-state index in [1.54, 1.807) is 12.4 Å². The number of carbonyl (C=O) groups is 1. The summed E-state index contributed by atoms with van der Waals surface area (Å²) in [5, 5.41) is 5.29. The molecule has 0 aliphatic carbocycles. The Morgan fingerprint density at radius 3 is 2.84 bits per heavy atom. The average Bonchev–Trinajstić information content (AvgIpc) is 3.03. The van der Waals surface area contributed by atoms with Gasteiger partial charge >= 0.3 is 0 Å². The first-order valence-corrected chi connectivity index (χ1v) is 8.79. The summed E-state index contributed by atoms with van der Waals surface area (Å²) in [4.78, 5) is 19.5. The summed E-state index contributed by atoms with van der Waals surface area (Å²) in [5.41, 5.74) is 4.95. The van der Waals surface area contributed by atoms with Gasteiger partial charge in [0.05, 0.1) is 11.8 Å². The third-order valence-corrected chi connectivity index (χ3v) is 4.77. The van der Waals surface area contributed by atoms with Crippen LogP contribution in [0.3, 0.4) is 0 Å². The standard InChI is InChI=1S/C20H22N4O/c1-13(2)24-19-16(12-22-24)10-17(11-21-19)20(25)23-8-4-5-15-9-14(3)6-7-18(15)23/h6-7,9-13H,4-5,8H2,1-3H3. The van der Waals surface area contributed by atoms with E-state index < -0.39 is 0 Å². The molecule has 25 heavy (non-hydrogen) atoms. The zero-order valence-electron chi connectivity index (χ0n) is 14.9. The molecule has 0 N–H and O–H groups in total. The molecule has 1 aliphatic rings. The van der Waals surface area contributed by atoms with Gasteiger partial charge in [-0.3, -0.25) is 4.79 Å². The Balaban J connectivity index is 1.71. The van der Waals surface area contributed by atoms with Crippen LogP contribution in [-0.4, -0.2) is 27.2 Å². The molecule has 3 aromatic rings. The zero-order valence-corrected chi connectivity index (χ0v) is 14.9. The number of amides is 1. The maximum Gasteiger partial charge on any atom is 0.259 e. The van der Waals surface area contributed by atoms with Gasteiger partial charge < -0.3 is 4.90 Å². The molecule has 2 aromatic heterocycles. The lowest BCUT2D eigenvalue weighted by atomic mass is 9.99. The monoisotopic (exact) mass is 334 g/mol. The molecule has 128 valence electrons. The number of anilines is 1. The van der Waals surface area contributed by atoms with Gasteiger partial charge in [-0.05, 0) is 51.3 Å². The van der Waals surface area contributed by atoms with Crippen molar-refractivity contribution in [3.05, 3.63) is 53.3 Å². The third kappa shape index (κ3) is 2.69. The van der Waals surface area contributed by atoms with E-state index in [2.05, 4.69) is 49.1 Å². The van der Waals surface area contributed by atoms with Crippen LogP contribution in [0, 0.1) is 6.92 Å². The van der Waals surface area contributed by atoms with Crippen molar-refractivity contribution in [3.63, 3.8) is 0 Å². The number of benzene rings is 1. The van der Waals surface area contributed by atoms with Crippen LogP contribution in [0.25, 0.3) is 11.0 Å². The number of hydrogen-bond acceptors (Lipinski definition) is 3. The molecule has 0 bridgehead atoms.